The van der Waals surface area contributed by atoms with E-state index in [0.29, 0.717) is 5.56 Å². The maximum Gasteiger partial charge on any atom is 0.408 e. The number of esters is 4. The van der Waals surface area contributed by atoms with Crippen LogP contribution in [0.4, 0.5) is 4.79 Å². The Kier molecular flexibility index (Phi) is 14.9. The fourth-order valence-corrected chi connectivity index (χ4v) is 4.80. The van der Waals surface area contributed by atoms with Crippen LogP contribution in [-0.2, 0) is 63.8 Å². The van der Waals surface area contributed by atoms with Gasteiger partial charge < -0.3 is 39.1 Å². The first-order valence-electron chi connectivity index (χ1n) is 14.8. The van der Waals surface area contributed by atoms with E-state index in [0.717, 1.165) is 38.1 Å². The molecule has 0 aromatic heterocycles. The molecule has 0 aliphatic carbocycles. The number of benzene rings is 1. The number of nitrogens with zero attached hydrogens (tertiary/aromatic N) is 1. The van der Waals surface area contributed by atoms with E-state index in [2.05, 4.69) is 10.6 Å². The Balaban J connectivity index is 2.50. The lowest BCUT2D eigenvalue weighted by atomic mass is 9.94. The third-order valence-corrected chi connectivity index (χ3v) is 6.57. The summed E-state index contributed by atoms with van der Waals surface area (Å²) in [6, 6.07) is 5.66. The van der Waals surface area contributed by atoms with Crippen molar-refractivity contribution in [2.24, 2.45) is 0 Å². The van der Waals surface area contributed by atoms with Crippen LogP contribution in [0.25, 0.3) is 0 Å². The maximum absolute atomic E-state index is 13.9. The molecule has 0 bridgehead atoms. The fourth-order valence-electron chi connectivity index (χ4n) is 4.56. The second-order valence-corrected chi connectivity index (χ2v) is 11.9. The number of carbonyl (C=O) groups is 7. The van der Waals surface area contributed by atoms with Crippen LogP contribution < -0.4 is 10.6 Å². The molecule has 0 spiro atoms. The van der Waals surface area contributed by atoms with Gasteiger partial charge in [0.05, 0.1) is 11.9 Å². The second-order valence-electron chi connectivity index (χ2n) is 11.6. The minimum absolute atomic E-state index is 0.174. The van der Waals surface area contributed by atoms with Crippen LogP contribution in [0.2, 0.25) is 0 Å². The molecule has 1 aromatic rings. The average Bonchev–Trinajstić information content (AvgIpc) is 2.96. The first kappa shape index (κ1) is 39.5. The summed E-state index contributed by atoms with van der Waals surface area (Å²) in [7, 11) is 0. The zero-order chi connectivity index (χ0) is 36.2. The van der Waals surface area contributed by atoms with Crippen LogP contribution in [-0.4, -0.2) is 101 Å². The van der Waals surface area contributed by atoms with E-state index in [9.17, 15) is 33.6 Å². The number of alkyl carbamates (subject to hydrolysis) is 1. The van der Waals surface area contributed by atoms with Gasteiger partial charge in [-0.1, -0.05) is 42.5 Å². The van der Waals surface area contributed by atoms with Crippen LogP contribution in [0.5, 0.6) is 0 Å². The standard InChI is InChI=1S/C31H41N3O13S/c1-17(35)32-25-27(45-20(4)38)26(44-19(3)37)23(15-42-18(2)36)46-28(25)34(16-48)24(39)13-22(33-30(41)47-31(5,6)7)29(40)43-14-21-11-9-8-10-12-21/h8-12,16,22-23,25-28H,13-15H2,1-7H3,(H,32,35)(H,33,41)/t22-,23+,25+,26+,27+,28+/m0/s1. The van der Waals surface area contributed by atoms with E-state index in [1.807, 2.05) is 0 Å². The van der Waals surface area contributed by atoms with Gasteiger partial charge in [-0.05, 0) is 26.3 Å². The molecular weight excluding hydrogens is 654 g/mol. The van der Waals surface area contributed by atoms with Gasteiger partial charge in [0, 0.05) is 27.7 Å². The van der Waals surface area contributed by atoms with Gasteiger partial charge in [0.15, 0.2) is 18.4 Å². The molecule has 1 heterocycles. The van der Waals surface area contributed by atoms with E-state index in [-0.39, 0.29) is 6.61 Å². The lowest BCUT2D eigenvalue weighted by Gasteiger charge is -2.47. The van der Waals surface area contributed by atoms with Crippen molar-refractivity contribution in [3.63, 3.8) is 0 Å². The number of carbonyl (C=O) groups excluding carboxylic acids is 7. The highest BCUT2D eigenvalue weighted by atomic mass is 32.1. The van der Waals surface area contributed by atoms with Crippen molar-refractivity contribution in [1.82, 2.24) is 15.5 Å². The van der Waals surface area contributed by atoms with Gasteiger partial charge in [-0.3, -0.25) is 28.9 Å². The van der Waals surface area contributed by atoms with Gasteiger partial charge in [0.2, 0.25) is 11.8 Å². The van der Waals surface area contributed by atoms with Crippen molar-refractivity contribution in [3.8, 4) is 0 Å². The van der Waals surface area contributed by atoms with Crippen molar-refractivity contribution >= 4 is 59.5 Å². The topological polar surface area (TPSA) is 202 Å². The van der Waals surface area contributed by atoms with Crippen molar-refractivity contribution in [1.29, 1.82) is 0 Å². The summed E-state index contributed by atoms with van der Waals surface area (Å²) in [5.74, 6) is -4.94. The molecule has 2 N–H and O–H groups in total. The highest BCUT2D eigenvalue weighted by Gasteiger charge is 2.53. The summed E-state index contributed by atoms with van der Waals surface area (Å²) in [5, 5.41) is 4.88. The SMILES string of the molecule is CC(=O)N[C@@H]1[C@@H](OC(C)=O)[C@H](OC(C)=O)[C@@H](COC(C)=O)O[C@H]1N(C=S)C(=O)C[C@H](NC(=O)OC(C)(C)C)C(=O)OCc1ccccc1. The molecule has 1 fully saturated rings. The van der Waals surface area contributed by atoms with Crippen molar-refractivity contribution in [2.75, 3.05) is 6.61 Å². The Bertz CT molecular complexity index is 1350. The molecule has 1 aliphatic rings. The van der Waals surface area contributed by atoms with Crippen molar-refractivity contribution in [3.05, 3.63) is 35.9 Å². The molecule has 16 nitrogen and oxygen atoms in total. The number of thiocarbonyl (C=S) groups is 1. The largest absolute Gasteiger partial charge is 0.463 e. The predicted molar refractivity (Wildman–Crippen MR) is 169 cm³/mol. The van der Waals surface area contributed by atoms with E-state index < -0.39 is 97.0 Å². The third kappa shape index (κ3) is 12.9. The monoisotopic (exact) mass is 695 g/mol. The Morgan fingerprint density at radius 3 is 2.04 bits per heavy atom. The Hall–Kier alpha value is -4.64. The summed E-state index contributed by atoms with van der Waals surface area (Å²) in [4.78, 5) is 88.9. The molecule has 2 rings (SSSR count). The summed E-state index contributed by atoms with van der Waals surface area (Å²) < 4.78 is 32.6. The minimum Gasteiger partial charge on any atom is -0.463 e. The lowest BCUT2D eigenvalue weighted by molar-refractivity contribution is -0.239. The molecule has 0 saturated carbocycles. The number of ether oxygens (including phenoxy) is 6. The molecule has 264 valence electrons. The van der Waals surface area contributed by atoms with Crippen molar-refractivity contribution in [2.45, 2.75) is 104 Å². The fraction of sp³-hybridized carbons (Fsp3) is 0.548. The Morgan fingerprint density at radius 2 is 1.52 bits per heavy atom. The normalized spacial score (nSPS) is 20.9. The van der Waals surface area contributed by atoms with Crippen LogP contribution in [0.1, 0.15) is 60.5 Å². The molecule has 48 heavy (non-hydrogen) atoms. The van der Waals surface area contributed by atoms with Gasteiger partial charge >= 0.3 is 30.0 Å². The van der Waals surface area contributed by atoms with E-state index in [1.165, 1.54) is 0 Å². The van der Waals surface area contributed by atoms with Crippen LogP contribution >= 0.6 is 12.2 Å². The molecule has 6 atom stereocenters. The first-order valence-corrected chi connectivity index (χ1v) is 15.3. The zero-order valence-corrected chi connectivity index (χ0v) is 28.5. The summed E-state index contributed by atoms with van der Waals surface area (Å²) in [5.41, 5.74) is 0.553. The highest BCUT2D eigenvalue weighted by molar-refractivity contribution is 7.78. The quantitative estimate of drug-likeness (QED) is 0.171. The first-order chi connectivity index (χ1) is 22.4. The molecule has 3 amide bonds. The summed E-state index contributed by atoms with van der Waals surface area (Å²) >= 11 is 5.14. The van der Waals surface area contributed by atoms with E-state index in [1.54, 1.807) is 51.1 Å². The number of rotatable bonds is 13. The summed E-state index contributed by atoms with van der Waals surface area (Å²) in [6.45, 7) is 8.51. The number of nitrogens with one attached hydrogen (secondary N) is 2. The zero-order valence-electron chi connectivity index (χ0n) is 27.7. The van der Waals surface area contributed by atoms with Gasteiger partial charge in [0.25, 0.3) is 0 Å². The van der Waals surface area contributed by atoms with Gasteiger partial charge in [0.1, 0.15) is 37.0 Å². The lowest BCUT2D eigenvalue weighted by Crippen LogP contribution is -2.70. The predicted octanol–water partition coefficient (Wildman–Crippen LogP) is 1.46. The third-order valence-electron chi connectivity index (χ3n) is 6.34. The average molecular weight is 696 g/mol. The Morgan fingerprint density at radius 1 is 0.917 bits per heavy atom. The summed E-state index contributed by atoms with van der Waals surface area (Å²) in [6.07, 6.45) is -7.57. The van der Waals surface area contributed by atoms with E-state index >= 15 is 0 Å². The van der Waals surface area contributed by atoms with Gasteiger partial charge in [-0.25, -0.2) is 9.59 Å². The van der Waals surface area contributed by atoms with Crippen LogP contribution in [0, 0.1) is 0 Å². The number of amides is 3. The molecule has 1 aliphatic heterocycles. The molecular formula is C31H41N3O13S. The Labute approximate surface area is 283 Å². The van der Waals surface area contributed by atoms with Gasteiger partial charge in [-0.2, -0.15) is 0 Å². The maximum atomic E-state index is 13.9. The van der Waals surface area contributed by atoms with Crippen LogP contribution in [0.15, 0.2) is 30.3 Å². The molecule has 1 aromatic carbocycles. The van der Waals surface area contributed by atoms with E-state index in [4.69, 9.17) is 40.6 Å². The van der Waals surface area contributed by atoms with Crippen LogP contribution in [0.3, 0.4) is 0 Å². The van der Waals surface area contributed by atoms with Crippen molar-refractivity contribution < 1.29 is 62.0 Å². The molecule has 0 radical (unpaired) electrons. The number of hydrogen-bond acceptors (Lipinski definition) is 14. The smallest absolute Gasteiger partial charge is 0.408 e. The molecule has 0 unspecified atom stereocenters. The minimum atomic E-state index is -1.59. The molecule has 1 saturated heterocycles. The number of hydrogen-bond donors (Lipinski definition) is 2. The van der Waals surface area contributed by atoms with Gasteiger partial charge in [-0.15, -0.1) is 0 Å². The highest BCUT2D eigenvalue weighted by Crippen LogP contribution is 2.29. The second kappa shape index (κ2) is 18.1. The molecule has 17 heteroatoms.